The number of nitro groups is 1. The fourth-order valence-corrected chi connectivity index (χ4v) is 4.41. The Kier molecular flexibility index (Phi) is 16.0. The average molecular weight is 607 g/mol. The van der Waals surface area contributed by atoms with Crippen molar-refractivity contribution in [3.8, 4) is 0 Å². The van der Waals surface area contributed by atoms with E-state index in [2.05, 4.69) is 30.9 Å². The molecule has 16 heteroatoms. The molecule has 0 saturated carbocycles. The minimum Gasteiger partial charge on any atom is -0.383 e. The topological polar surface area (TPSA) is 273 Å². The Morgan fingerprint density at radius 3 is 1.93 bits per heavy atom. The van der Waals surface area contributed by atoms with E-state index >= 15 is 0 Å². The number of hydrogen-bond acceptors (Lipinski definition) is 13. The largest absolute Gasteiger partial charge is 0.383 e. The molecule has 2 amide bonds. The van der Waals surface area contributed by atoms with E-state index in [-0.39, 0.29) is 40.7 Å². The van der Waals surface area contributed by atoms with Crippen LogP contribution < -0.4 is 38.9 Å². The number of nitrogens with two attached hydrogens (primary N) is 4. The van der Waals surface area contributed by atoms with Crippen molar-refractivity contribution in [3.63, 3.8) is 0 Å². The molecule has 0 aliphatic carbocycles. The van der Waals surface area contributed by atoms with E-state index in [4.69, 9.17) is 22.9 Å². The molecule has 0 aliphatic rings. The Bertz CT molecular complexity index is 1180. The van der Waals surface area contributed by atoms with Gasteiger partial charge in [-0.2, -0.15) is 0 Å². The molecule has 0 bridgehead atoms. The quantitative estimate of drug-likeness (QED) is 0.0518. The molecule has 240 valence electrons. The number of Topliss-reactive ketones (excluding diaryl/α,β-unsaturated/α-hetero) is 1. The summed E-state index contributed by atoms with van der Waals surface area (Å²) in [5.41, 5.74) is 23.9. The number of unbranched alkanes of at least 4 members (excludes halogenated alkanes) is 3. The molecule has 16 nitrogen and oxygen atoms in total. The first-order valence-corrected chi connectivity index (χ1v) is 14.8. The minimum atomic E-state index is -0.630. The molecule has 0 fully saturated rings. The number of aromatic nitrogens is 2. The second-order valence-corrected chi connectivity index (χ2v) is 10.5. The Labute approximate surface area is 250 Å². The number of fused-ring (bicyclic) bond motifs is 1. The van der Waals surface area contributed by atoms with E-state index < -0.39 is 23.0 Å². The Morgan fingerprint density at radius 1 is 0.791 bits per heavy atom. The van der Waals surface area contributed by atoms with Gasteiger partial charge in [-0.25, -0.2) is 4.63 Å². The maximum Gasteiger partial charge on any atom is 0.300 e. The van der Waals surface area contributed by atoms with Crippen LogP contribution in [-0.4, -0.2) is 77.1 Å². The van der Waals surface area contributed by atoms with Gasteiger partial charge in [0.2, 0.25) is 17.3 Å². The summed E-state index contributed by atoms with van der Waals surface area (Å²) in [7, 11) is 0. The van der Waals surface area contributed by atoms with Gasteiger partial charge in [-0.15, -0.1) is 0 Å². The molecule has 3 atom stereocenters. The van der Waals surface area contributed by atoms with Crippen molar-refractivity contribution < 1.29 is 23.9 Å². The van der Waals surface area contributed by atoms with Crippen LogP contribution in [0.3, 0.4) is 0 Å². The van der Waals surface area contributed by atoms with E-state index in [1.165, 1.54) is 12.1 Å². The summed E-state index contributed by atoms with van der Waals surface area (Å²) < 4.78 is 4.64. The van der Waals surface area contributed by atoms with Crippen molar-refractivity contribution in [2.24, 2.45) is 22.9 Å². The number of carbonyl (C=O) groups is 3. The molecule has 0 unspecified atom stereocenters. The van der Waals surface area contributed by atoms with Crippen LogP contribution in [0.15, 0.2) is 16.8 Å². The molecular weight excluding hydrogens is 560 g/mol. The number of nitrogens with one attached hydrogen (secondary N) is 3. The molecule has 43 heavy (non-hydrogen) atoms. The standard InChI is InChI=1S/C27H46N10O6/c28-14-4-1-9-19(30)26(39)34-16-6-3-10-20(31)27(40)33-15-5-2-8-18(29)23(38)11-7-17-32-21-12-13-22(37(41)42)25-24(21)35-43-36-25/h12-13,18-20,32H,1-11,14-17,28-31H2,(H,33,40)(H,34,39)/t18-,19-,20-/m0/s1. The molecule has 2 aromatic rings. The van der Waals surface area contributed by atoms with E-state index in [0.717, 1.165) is 12.8 Å². The lowest BCUT2D eigenvalue weighted by Crippen LogP contribution is -2.42. The molecule has 2 rings (SSSR count). The second-order valence-electron chi connectivity index (χ2n) is 10.5. The Morgan fingerprint density at radius 2 is 1.35 bits per heavy atom. The monoisotopic (exact) mass is 606 g/mol. The lowest BCUT2D eigenvalue weighted by molar-refractivity contribution is -0.383. The lowest BCUT2D eigenvalue weighted by Gasteiger charge is -2.14. The second kappa shape index (κ2) is 19.5. The number of nitrogens with zero attached hydrogens (tertiary/aromatic N) is 3. The number of benzene rings is 1. The first-order valence-electron chi connectivity index (χ1n) is 14.8. The van der Waals surface area contributed by atoms with Crippen LogP contribution in [0, 0.1) is 10.1 Å². The number of non-ortho nitro benzene ring substituents is 1. The first-order chi connectivity index (χ1) is 20.6. The molecule has 0 saturated heterocycles. The van der Waals surface area contributed by atoms with Gasteiger partial charge in [0.25, 0.3) is 0 Å². The maximum absolute atomic E-state index is 12.4. The van der Waals surface area contributed by atoms with E-state index in [0.29, 0.717) is 83.2 Å². The predicted molar refractivity (Wildman–Crippen MR) is 162 cm³/mol. The summed E-state index contributed by atoms with van der Waals surface area (Å²) in [6.45, 7) is 1.94. The predicted octanol–water partition coefficient (Wildman–Crippen LogP) is 0.576. The molecule has 0 spiro atoms. The number of hydrogen-bond donors (Lipinski definition) is 7. The van der Waals surface area contributed by atoms with Crippen LogP contribution in [0.2, 0.25) is 0 Å². The summed E-state index contributed by atoms with van der Waals surface area (Å²) >= 11 is 0. The van der Waals surface area contributed by atoms with Gasteiger partial charge in [-0.05, 0) is 80.7 Å². The summed E-state index contributed by atoms with van der Waals surface area (Å²) in [4.78, 5) is 47.1. The van der Waals surface area contributed by atoms with Gasteiger partial charge in [0, 0.05) is 32.1 Å². The zero-order valence-electron chi connectivity index (χ0n) is 24.6. The van der Waals surface area contributed by atoms with Crippen molar-refractivity contribution >= 4 is 40.0 Å². The zero-order valence-corrected chi connectivity index (χ0v) is 24.6. The highest BCUT2D eigenvalue weighted by molar-refractivity contribution is 5.93. The summed E-state index contributed by atoms with van der Waals surface area (Å²) in [6.07, 6.45) is 6.80. The van der Waals surface area contributed by atoms with Crippen LogP contribution in [0.25, 0.3) is 11.0 Å². The number of ketones is 1. The highest BCUT2D eigenvalue weighted by Crippen LogP contribution is 2.28. The fourth-order valence-electron chi connectivity index (χ4n) is 4.41. The highest BCUT2D eigenvalue weighted by atomic mass is 16.6. The summed E-state index contributed by atoms with van der Waals surface area (Å²) in [5, 5.41) is 27.1. The van der Waals surface area contributed by atoms with Crippen molar-refractivity contribution in [2.75, 3.05) is 31.5 Å². The first kappa shape index (κ1) is 35.5. The normalized spacial score (nSPS) is 13.3. The van der Waals surface area contributed by atoms with Crippen LogP contribution >= 0.6 is 0 Å². The number of carbonyl (C=O) groups excluding carboxylic acids is 3. The fraction of sp³-hybridized carbons (Fsp3) is 0.667. The number of nitro benzene ring substituents is 1. The van der Waals surface area contributed by atoms with Crippen LogP contribution in [0.5, 0.6) is 0 Å². The van der Waals surface area contributed by atoms with Gasteiger partial charge >= 0.3 is 5.69 Å². The molecule has 0 aliphatic heterocycles. The number of anilines is 1. The lowest BCUT2D eigenvalue weighted by atomic mass is 10.0. The molecule has 1 heterocycles. The van der Waals surface area contributed by atoms with Crippen molar-refractivity contribution in [2.45, 2.75) is 88.8 Å². The van der Waals surface area contributed by atoms with Crippen LogP contribution in [0.4, 0.5) is 11.4 Å². The molecule has 0 radical (unpaired) electrons. The summed E-state index contributed by atoms with van der Waals surface area (Å²) in [5.74, 6) is -0.468. The van der Waals surface area contributed by atoms with Crippen molar-refractivity contribution in [1.82, 2.24) is 20.9 Å². The number of amides is 2. The zero-order chi connectivity index (χ0) is 31.6. The van der Waals surface area contributed by atoms with E-state index in [1.807, 2.05) is 0 Å². The van der Waals surface area contributed by atoms with Gasteiger partial charge in [0.05, 0.1) is 28.7 Å². The third-order valence-electron chi connectivity index (χ3n) is 7.04. The van der Waals surface area contributed by atoms with E-state index in [1.54, 1.807) is 0 Å². The Balaban J connectivity index is 1.51. The highest BCUT2D eigenvalue weighted by Gasteiger charge is 2.20. The molecule has 1 aromatic carbocycles. The van der Waals surface area contributed by atoms with E-state index in [9.17, 15) is 24.5 Å². The maximum atomic E-state index is 12.4. The van der Waals surface area contributed by atoms with Crippen LogP contribution in [0.1, 0.15) is 70.6 Å². The van der Waals surface area contributed by atoms with Gasteiger partial charge in [0.1, 0.15) is 5.78 Å². The molecule has 1 aromatic heterocycles. The van der Waals surface area contributed by atoms with Crippen molar-refractivity contribution in [3.05, 3.63) is 22.2 Å². The summed E-state index contributed by atoms with van der Waals surface area (Å²) in [6, 6.07) is 1.09. The van der Waals surface area contributed by atoms with Gasteiger partial charge < -0.3 is 38.9 Å². The minimum absolute atomic E-state index is 0.0554. The van der Waals surface area contributed by atoms with Crippen LogP contribution in [-0.2, 0) is 14.4 Å². The van der Waals surface area contributed by atoms with Gasteiger partial charge in [0.15, 0.2) is 5.52 Å². The third-order valence-corrected chi connectivity index (χ3v) is 7.04. The third kappa shape index (κ3) is 12.6. The van der Waals surface area contributed by atoms with Gasteiger partial charge in [-0.1, -0.05) is 6.42 Å². The smallest absolute Gasteiger partial charge is 0.300 e. The molecule has 11 N–H and O–H groups in total. The Hall–Kier alpha value is -3.73. The van der Waals surface area contributed by atoms with Gasteiger partial charge in [-0.3, -0.25) is 24.5 Å². The molecular formula is C27H46N10O6. The number of rotatable bonds is 23. The van der Waals surface area contributed by atoms with Crippen molar-refractivity contribution in [1.29, 1.82) is 0 Å². The average Bonchev–Trinajstić information content (AvgIpc) is 3.48. The SMILES string of the molecule is NCCCC[C@H](N)C(=O)NCCCC[C@H](N)C(=O)NCCCC[C@H](N)C(=O)CCCNc1ccc([N+](=O)[O-])c2nonc12.